The van der Waals surface area contributed by atoms with Crippen molar-refractivity contribution in [2.45, 2.75) is 50.9 Å². The van der Waals surface area contributed by atoms with Gasteiger partial charge in [-0.2, -0.15) is 0 Å². The van der Waals surface area contributed by atoms with Gasteiger partial charge in [-0.05, 0) is 37.8 Å². The van der Waals surface area contributed by atoms with Gasteiger partial charge in [-0.3, -0.25) is 19.3 Å². The molecule has 1 amide bonds. The van der Waals surface area contributed by atoms with Gasteiger partial charge in [-0.25, -0.2) is 0 Å². The van der Waals surface area contributed by atoms with E-state index in [1.165, 1.54) is 6.07 Å². The number of hydrogen-bond acceptors (Lipinski definition) is 5. The molecule has 0 spiro atoms. The van der Waals surface area contributed by atoms with Crippen molar-refractivity contribution in [1.82, 2.24) is 9.58 Å². The molecule has 0 unspecified atom stereocenters. The Morgan fingerprint density at radius 3 is 2.68 bits per heavy atom. The van der Waals surface area contributed by atoms with Gasteiger partial charge in [0, 0.05) is 30.3 Å². The lowest BCUT2D eigenvalue weighted by atomic mass is 9.88. The first-order chi connectivity index (χ1) is 16.6. The number of carbonyl (C=O) groups is 1. The summed E-state index contributed by atoms with van der Waals surface area (Å²) in [7, 11) is 0. The van der Waals surface area contributed by atoms with Crippen LogP contribution in [-0.2, 0) is 0 Å². The highest BCUT2D eigenvalue weighted by atomic mass is 16.5. The zero-order valence-electron chi connectivity index (χ0n) is 19.3. The SMILES string of the molecule is C=C/C=C\C(=C/C)[C@@H]1c2ccccc2OCC[C@H]2N(C3CCC3)C(=O)c3c(O)c(=O)ccn3N12. The molecule has 3 heterocycles. The summed E-state index contributed by atoms with van der Waals surface area (Å²) >= 11 is 0. The van der Waals surface area contributed by atoms with E-state index < -0.39 is 11.2 Å². The molecule has 2 atom stereocenters. The van der Waals surface area contributed by atoms with Crippen LogP contribution in [-0.4, -0.2) is 39.4 Å². The lowest BCUT2D eigenvalue weighted by Crippen LogP contribution is -2.66. The smallest absolute Gasteiger partial charge is 0.278 e. The summed E-state index contributed by atoms with van der Waals surface area (Å²) in [5, 5.41) is 12.9. The van der Waals surface area contributed by atoms with Crippen LogP contribution in [0, 0.1) is 0 Å². The van der Waals surface area contributed by atoms with Crippen LogP contribution in [0.4, 0.5) is 0 Å². The Balaban J connectivity index is 1.80. The lowest BCUT2D eigenvalue weighted by molar-refractivity contribution is 0.0213. The molecule has 1 aromatic heterocycles. The molecule has 1 fully saturated rings. The third-order valence-corrected chi connectivity index (χ3v) is 7.02. The molecule has 0 bridgehead atoms. The summed E-state index contributed by atoms with van der Waals surface area (Å²) in [5.74, 6) is -0.0436. The van der Waals surface area contributed by atoms with Crippen LogP contribution in [0.5, 0.6) is 11.5 Å². The molecule has 2 aromatic rings. The van der Waals surface area contributed by atoms with Crippen LogP contribution >= 0.6 is 0 Å². The summed E-state index contributed by atoms with van der Waals surface area (Å²) in [4.78, 5) is 28.0. The van der Waals surface area contributed by atoms with Gasteiger partial charge in [0.2, 0.25) is 5.43 Å². The number of allylic oxidation sites excluding steroid dienone is 3. The van der Waals surface area contributed by atoms with E-state index in [0.29, 0.717) is 13.0 Å². The van der Waals surface area contributed by atoms with Crippen LogP contribution in [0.25, 0.3) is 0 Å². The lowest BCUT2D eigenvalue weighted by Gasteiger charge is -2.54. The molecule has 1 saturated carbocycles. The summed E-state index contributed by atoms with van der Waals surface area (Å²) in [5.41, 5.74) is 1.38. The number of pyridine rings is 1. The van der Waals surface area contributed by atoms with E-state index >= 15 is 0 Å². The second kappa shape index (κ2) is 8.89. The van der Waals surface area contributed by atoms with E-state index in [9.17, 15) is 14.7 Å². The van der Waals surface area contributed by atoms with Crippen molar-refractivity contribution in [2.75, 3.05) is 11.6 Å². The second-order valence-corrected chi connectivity index (χ2v) is 8.84. The highest BCUT2D eigenvalue weighted by molar-refractivity contribution is 5.96. The highest BCUT2D eigenvalue weighted by Crippen LogP contribution is 2.43. The number of rotatable bonds is 4. The highest BCUT2D eigenvalue weighted by Gasteiger charge is 2.47. The molecule has 0 saturated heterocycles. The number of ether oxygens (including phenoxy) is 1. The molecule has 34 heavy (non-hydrogen) atoms. The maximum absolute atomic E-state index is 13.7. The first-order valence-corrected chi connectivity index (χ1v) is 11.8. The molecular formula is C27H29N3O4. The summed E-state index contributed by atoms with van der Waals surface area (Å²) in [6.45, 7) is 6.23. The Kier molecular flexibility index (Phi) is 5.77. The normalized spacial score (nSPS) is 22.7. The van der Waals surface area contributed by atoms with Gasteiger partial charge in [0.25, 0.3) is 5.91 Å². The summed E-state index contributed by atoms with van der Waals surface area (Å²) in [6.07, 6.45) is 12.4. The average Bonchev–Trinajstić information content (AvgIpc) is 2.80. The monoisotopic (exact) mass is 459 g/mol. The number of hydrogen-bond donors (Lipinski definition) is 1. The van der Waals surface area contributed by atoms with Crippen molar-refractivity contribution in [1.29, 1.82) is 0 Å². The number of aromatic hydroxyl groups is 1. The predicted octanol–water partition coefficient (Wildman–Crippen LogP) is 4.04. The van der Waals surface area contributed by atoms with E-state index in [1.807, 2.05) is 54.3 Å². The van der Waals surface area contributed by atoms with Crippen LogP contribution in [0.3, 0.4) is 0 Å². The fourth-order valence-electron chi connectivity index (χ4n) is 5.19. The molecule has 0 radical (unpaired) electrons. The molecule has 7 nitrogen and oxygen atoms in total. The average molecular weight is 460 g/mol. The van der Waals surface area contributed by atoms with Crippen LogP contribution < -0.4 is 15.2 Å². The van der Waals surface area contributed by atoms with Gasteiger partial charge in [-0.1, -0.05) is 49.1 Å². The van der Waals surface area contributed by atoms with Crippen LogP contribution in [0.15, 0.2) is 77.8 Å². The number of para-hydroxylation sites is 1. The zero-order chi connectivity index (χ0) is 23.8. The van der Waals surface area contributed by atoms with Gasteiger partial charge >= 0.3 is 0 Å². The Hall–Kier alpha value is -3.74. The van der Waals surface area contributed by atoms with Gasteiger partial charge in [0.15, 0.2) is 11.4 Å². The summed E-state index contributed by atoms with van der Waals surface area (Å²) < 4.78 is 7.89. The van der Waals surface area contributed by atoms with Gasteiger partial charge in [0.05, 0.1) is 6.61 Å². The molecule has 3 aliphatic rings. The van der Waals surface area contributed by atoms with Crippen molar-refractivity contribution in [2.24, 2.45) is 0 Å². The molecule has 5 rings (SSSR count). The number of fused-ring (bicyclic) bond motifs is 4. The third-order valence-electron chi connectivity index (χ3n) is 7.02. The van der Waals surface area contributed by atoms with E-state index in [4.69, 9.17) is 4.74 Å². The molecule has 2 aliphatic heterocycles. The second-order valence-electron chi connectivity index (χ2n) is 8.84. The van der Waals surface area contributed by atoms with E-state index in [0.717, 1.165) is 36.1 Å². The third kappa shape index (κ3) is 3.43. The first kappa shape index (κ1) is 22.1. The summed E-state index contributed by atoms with van der Waals surface area (Å²) in [6, 6.07) is 8.94. The van der Waals surface area contributed by atoms with Gasteiger partial charge < -0.3 is 14.7 Å². The van der Waals surface area contributed by atoms with Crippen molar-refractivity contribution in [3.8, 4) is 11.5 Å². The number of nitrogens with zero attached hydrogens (tertiary/aromatic N) is 3. The minimum atomic E-state index is -0.559. The minimum absolute atomic E-state index is 0.0165. The Labute approximate surface area is 198 Å². The molecule has 176 valence electrons. The standard InChI is InChI=1S/C27H29N3O4/c1-3-5-9-18(4-2)24-20-12-6-7-13-22(20)34-17-15-23-29(19-10-8-11-19)27(33)25-26(32)21(31)14-16-28(25)30(23)24/h3-7,9,12-14,16,19,23-24,32H,1,8,10-11,15,17H2,2H3/b9-5-,18-4+/t23-,24+/m0/s1. The zero-order valence-corrected chi connectivity index (χ0v) is 19.3. The largest absolute Gasteiger partial charge is 0.502 e. The Morgan fingerprint density at radius 1 is 1.18 bits per heavy atom. The quantitative estimate of drug-likeness (QED) is 0.699. The fourth-order valence-corrected chi connectivity index (χ4v) is 5.19. The number of aromatic nitrogens is 1. The van der Waals surface area contributed by atoms with E-state index in [2.05, 4.69) is 11.6 Å². The van der Waals surface area contributed by atoms with Crippen LogP contribution in [0.1, 0.15) is 54.7 Å². The van der Waals surface area contributed by atoms with E-state index in [-0.39, 0.29) is 29.9 Å². The predicted molar refractivity (Wildman–Crippen MR) is 131 cm³/mol. The van der Waals surface area contributed by atoms with Gasteiger partial charge in [-0.15, -0.1) is 0 Å². The van der Waals surface area contributed by atoms with Crippen LogP contribution in [0.2, 0.25) is 0 Å². The Morgan fingerprint density at radius 2 is 1.97 bits per heavy atom. The maximum atomic E-state index is 13.7. The van der Waals surface area contributed by atoms with Crippen molar-refractivity contribution >= 4 is 5.91 Å². The maximum Gasteiger partial charge on any atom is 0.278 e. The fraction of sp³-hybridized carbons (Fsp3) is 0.333. The van der Waals surface area contributed by atoms with Gasteiger partial charge in [0.1, 0.15) is 18.0 Å². The molecular weight excluding hydrogens is 430 g/mol. The minimum Gasteiger partial charge on any atom is -0.502 e. The Bertz CT molecular complexity index is 1240. The topological polar surface area (TPSA) is 75.0 Å². The van der Waals surface area contributed by atoms with Crippen molar-refractivity contribution in [3.63, 3.8) is 0 Å². The number of amides is 1. The van der Waals surface area contributed by atoms with E-state index in [1.54, 1.807) is 16.9 Å². The molecule has 1 aromatic carbocycles. The number of carbonyl (C=O) groups excluding carboxylic acids is 1. The number of benzene rings is 1. The molecule has 1 N–H and O–H groups in total. The van der Waals surface area contributed by atoms with Crippen molar-refractivity contribution < 1.29 is 14.6 Å². The molecule has 7 heteroatoms. The van der Waals surface area contributed by atoms with Crippen molar-refractivity contribution in [3.05, 3.63) is 94.5 Å². The molecule has 1 aliphatic carbocycles. The first-order valence-electron chi connectivity index (χ1n) is 11.8.